The highest BCUT2D eigenvalue weighted by molar-refractivity contribution is 6.27. The third-order valence-electron chi connectivity index (χ3n) is 1.85. The Labute approximate surface area is 91.2 Å². The number of nitrogens with one attached hydrogen (secondary N) is 1. The van der Waals surface area contributed by atoms with Crippen LogP contribution in [0.25, 0.3) is 0 Å². The SMILES string of the molecule is O=C(CCl)NC(c1ccccc1)C(F)F. The van der Waals surface area contributed by atoms with Gasteiger partial charge in [-0.2, -0.15) is 0 Å². The van der Waals surface area contributed by atoms with Crippen molar-refractivity contribution in [2.24, 2.45) is 0 Å². The Balaban J connectivity index is 2.79. The van der Waals surface area contributed by atoms with Gasteiger partial charge >= 0.3 is 0 Å². The molecular weight excluding hydrogens is 224 g/mol. The summed E-state index contributed by atoms with van der Waals surface area (Å²) >= 11 is 5.23. The summed E-state index contributed by atoms with van der Waals surface area (Å²) in [4.78, 5) is 10.9. The highest BCUT2D eigenvalue weighted by Gasteiger charge is 2.23. The second kappa shape index (κ2) is 5.66. The van der Waals surface area contributed by atoms with Crippen LogP contribution in [0.1, 0.15) is 11.6 Å². The Morgan fingerprint density at radius 2 is 1.93 bits per heavy atom. The number of benzene rings is 1. The lowest BCUT2D eigenvalue weighted by Gasteiger charge is -2.17. The predicted molar refractivity (Wildman–Crippen MR) is 54.0 cm³/mol. The van der Waals surface area contributed by atoms with E-state index >= 15 is 0 Å². The number of carbonyl (C=O) groups is 1. The maximum absolute atomic E-state index is 12.6. The van der Waals surface area contributed by atoms with E-state index < -0.39 is 18.4 Å². The number of rotatable bonds is 4. The van der Waals surface area contributed by atoms with Crippen molar-refractivity contribution < 1.29 is 13.6 Å². The lowest BCUT2D eigenvalue weighted by Crippen LogP contribution is -2.33. The first kappa shape index (κ1) is 11.9. The number of hydrogen-bond acceptors (Lipinski definition) is 1. The van der Waals surface area contributed by atoms with Crippen LogP contribution in [0.2, 0.25) is 0 Å². The van der Waals surface area contributed by atoms with Gasteiger partial charge in [-0.05, 0) is 5.56 Å². The van der Waals surface area contributed by atoms with Crippen molar-refractivity contribution in [2.45, 2.75) is 12.5 Å². The van der Waals surface area contributed by atoms with E-state index in [0.29, 0.717) is 5.56 Å². The number of halogens is 3. The van der Waals surface area contributed by atoms with Crippen molar-refractivity contribution >= 4 is 17.5 Å². The summed E-state index contributed by atoms with van der Waals surface area (Å²) in [7, 11) is 0. The average molecular weight is 234 g/mol. The summed E-state index contributed by atoms with van der Waals surface area (Å²) in [5.74, 6) is -0.929. The summed E-state index contributed by atoms with van der Waals surface area (Å²) in [5, 5.41) is 2.16. The number of carbonyl (C=O) groups excluding carboxylic acids is 1. The van der Waals surface area contributed by atoms with Gasteiger partial charge in [0.25, 0.3) is 6.43 Å². The third-order valence-corrected chi connectivity index (χ3v) is 2.09. The van der Waals surface area contributed by atoms with Crippen molar-refractivity contribution in [1.29, 1.82) is 0 Å². The molecule has 0 aliphatic rings. The average Bonchev–Trinajstić information content (AvgIpc) is 2.26. The van der Waals surface area contributed by atoms with Gasteiger partial charge < -0.3 is 5.32 Å². The minimum Gasteiger partial charge on any atom is -0.343 e. The fourth-order valence-corrected chi connectivity index (χ4v) is 1.24. The van der Waals surface area contributed by atoms with Gasteiger partial charge in [0.1, 0.15) is 11.9 Å². The molecule has 82 valence electrons. The molecule has 5 heteroatoms. The molecule has 2 nitrogen and oxygen atoms in total. The minimum absolute atomic E-state index is 0.323. The zero-order chi connectivity index (χ0) is 11.3. The van der Waals surface area contributed by atoms with Crippen LogP contribution >= 0.6 is 11.6 Å². The van der Waals surface area contributed by atoms with E-state index in [1.54, 1.807) is 18.2 Å². The van der Waals surface area contributed by atoms with Gasteiger partial charge in [-0.1, -0.05) is 30.3 Å². The Kier molecular flexibility index (Phi) is 4.49. The molecule has 15 heavy (non-hydrogen) atoms. The van der Waals surface area contributed by atoms with Gasteiger partial charge in [-0.25, -0.2) is 8.78 Å². The molecule has 1 amide bonds. The van der Waals surface area contributed by atoms with Crippen molar-refractivity contribution in [1.82, 2.24) is 5.32 Å². The minimum atomic E-state index is -2.65. The topological polar surface area (TPSA) is 29.1 Å². The smallest absolute Gasteiger partial charge is 0.262 e. The summed E-state index contributed by atoms with van der Waals surface area (Å²) in [6, 6.07) is 6.76. The van der Waals surface area contributed by atoms with E-state index in [-0.39, 0.29) is 5.88 Å². The van der Waals surface area contributed by atoms with Crippen molar-refractivity contribution in [2.75, 3.05) is 5.88 Å². The van der Waals surface area contributed by atoms with Gasteiger partial charge in [0.15, 0.2) is 0 Å². The van der Waals surface area contributed by atoms with Crippen LogP contribution in [-0.4, -0.2) is 18.2 Å². The van der Waals surface area contributed by atoms with E-state index in [1.807, 2.05) is 0 Å². The van der Waals surface area contributed by atoms with E-state index in [1.165, 1.54) is 12.1 Å². The standard InChI is InChI=1S/C10H10ClF2NO/c11-6-8(15)14-9(10(12)13)7-4-2-1-3-5-7/h1-5,9-10H,6H2,(H,14,15). The monoisotopic (exact) mass is 233 g/mol. The van der Waals surface area contributed by atoms with Crippen LogP contribution in [0.15, 0.2) is 30.3 Å². The first-order valence-corrected chi connectivity index (χ1v) is 4.87. The molecule has 1 N–H and O–H groups in total. The lowest BCUT2D eigenvalue weighted by molar-refractivity contribution is -0.120. The predicted octanol–water partition coefficient (Wildman–Crippen LogP) is 2.35. The molecule has 0 saturated carbocycles. The molecular formula is C10H10ClF2NO. The summed E-state index contributed by atoms with van der Waals surface area (Å²) in [6.45, 7) is 0. The zero-order valence-corrected chi connectivity index (χ0v) is 8.55. The van der Waals surface area contributed by atoms with Crippen LogP contribution in [-0.2, 0) is 4.79 Å². The Bertz CT molecular complexity index is 318. The molecule has 1 rings (SSSR count). The van der Waals surface area contributed by atoms with Crippen LogP contribution in [0.5, 0.6) is 0 Å². The molecule has 0 fully saturated rings. The largest absolute Gasteiger partial charge is 0.343 e. The zero-order valence-electron chi connectivity index (χ0n) is 7.79. The van der Waals surface area contributed by atoms with E-state index in [9.17, 15) is 13.6 Å². The summed E-state index contributed by atoms with van der Waals surface area (Å²) < 4.78 is 25.2. The second-order valence-corrected chi connectivity index (χ2v) is 3.19. The van der Waals surface area contributed by atoms with Crippen molar-refractivity contribution in [3.63, 3.8) is 0 Å². The van der Waals surface area contributed by atoms with Crippen LogP contribution in [0.3, 0.4) is 0 Å². The number of amides is 1. The highest BCUT2D eigenvalue weighted by atomic mass is 35.5. The van der Waals surface area contributed by atoms with Crippen molar-refractivity contribution in [3.05, 3.63) is 35.9 Å². The quantitative estimate of drug-likeness (QED) is 0.795. The molecule has 1 unspecified atom stereocenters. The fraction of sp³-hybridized carbons (Fsp3) is 0.300. The van der Waals surface area contributed by atoms with Gasteiger partial charge in [-0.3, -0.25) is 4.79 Å². The maximum Gasteiger partial charge on any atom is 0.262 e. The van der Waals surface area contributed by atoms with E-state index in [0.717, 1.165) is 0 Å². The second-order valence-electron chi connectivity index (χ2n) is 2.92. The first-order chi connectivity index (χ1) is 7.15. The number of alkyl halides is 3. The molecule has 0 saturated heterocycles. The summed E-state index contributed by atoms with van der Waals surface area (Å²) in [5.41, 5.74) is 0.367. The van der Waals surface area contributed by atoms with Gasteiger partial charge in [-0.15, -0.1) is 11.6 Å². The molecule has 0 heterocycles. The first-order valence-electron chi connectivity index (χ1n) is 4.33. The molecule has 0 spiro atoms. The molecule has 1 aromatic rings. The molecule has 0 bridgehead atoms. The Morgan fingerprint density at radius 1 is 1.33 bits per heavy atom. The highest BCUT2D eigenvalue weighted by Crippen LogP contribution is 2.20. The molecule has 0 aliphatic carbocycles. The Hall–Kier alpha value is -1.16. The van der Waals surface area contributed by atoms with Gasteiger partial charge in [0, 0.05) is 0 Å². The normalized spacial score (nSPS) is 12.5. The Morgan fingerprint density at radius 3 is 2.40 bits per heavy atom. The number of hydrogen-bond donors (Lipinski definition) is 1. The molecule has 0 aliphatic heterocycles. The summed E-state index contributed by atoms with van der Waals surface area (Å²) in [6.07, 6.45) is -2.65. The van der Waals surface area contributed by atoms with E-state index in [2.05, 4.69) is 5.32 Å². The van der Waals surface area contributed by atoms with Crippen LogP contribution in [0, 0.1) is 0 Å². The van der Waals surface area contributed by atoms with Crippen molar-refractivity contribution in [3.8, 4) is 0 Å². The van der Waals surface area contributed by atoms with Gasteiger partial charge in [0.2, 0.25) is 5.91 Å². The fourth-order valence-electron chi connectivity index (χ4n) is 1.16. The van der Waals surface area contributed by atoms with Crippen LogP contribution < -0.4 is 5.32 Å². The molecule has 0 aromatic heterocycles. The molecule has 1 atom stereocenters. The third kappa shape index (κ3) is 3.47. The maximum atomic E-state index is 12.6. The molecule has 1 aromatic carbocycles. The molecule has 0 radical (unpaired) electrons. The van der Waals surface area contributed by atoms with Gasteiger partial charge in [0.05, 0.1) is 0 Å². The van der Waals surface area contributed by atoms with E-state index in [4.69, 9.17) is 11.6 Å². The lowest BCUT2D eigenvalue weighted by atomic mass is 10.1. The van der Waals surface area contributed by atoms with Crippen LogP contribution in [0.4, 0.5) is 8.78 Å².